The number of aliphatic hydroxyl groups is 1. The molecule has 1 saturated heterocycles. The molecule has 21 heavy (non-hydrogen) atoms. The minimum atomic E-state index is -1.00. The average molecular weight is 360 g/mol. The van der Waals surface area contributed by atoms with E-state index >= 15 is 0 Å². The molecule has 118 valence electrons. The van der Waals surface area contributed by atoms with Crippen LogP contribution in [0.2, 0.25) is 0 Å². The van der Waals surface area contributed by atoms with Crippen molar-refractivity contribution in [3.63, 3.8) is 0 Å². The lowest BCUT2D eigenvalue weighted by molar-refractivity contribution is -0.0423. The second-order valence-electron chi connectivity index (χ2n) is 6.50. The molecule has 1 aliphatic heterocycles. The van der Waals surface area contributed by atoms with Gasteiger partial charge in [0.15, 0.2) is 0 Å². The summed E-state index contributed by atoms with van der Waals surface area (Å²) in [5, 5.41) is 10.8. The predicted octanol–water partition coefficient (Wildman–Crippen LogP) is 2.40. The molecule has 1 aliphatic rings. The number of carbonyl (C=O) groups excluding carboxylic acids is 1. The van der Waals surface area contributed by atoms with E-state index in [9.17, 15) is 9.90 Å². The summed E-state index contributed by atoms with van der Waals surface area (Å²) in [6.07, 6.45) is 2.38. The number of hydrogen-bond acceptors (Lipinski definition) is 4. The zero-order valence-corrected chi connectivity index (χ0v) is 14.5. The third-order valence-electron chi connectivity index (χ3n) is 3.51. The van der Waals surface area contributed by atoms with Gasteiger partial charge in [-0.25, -0.2) is 9.78 Å². The van der Waals surface area contributed by atoms with Gasteiger partial charge < -0.3 is 19.3 Å². The van der Waals surface area contributed by atoms with E-state index in [1.807, 2.05) is 38.6 Å². The summed E-state index contributed by atoms with van der Waals surface area (Å²) in [5.41, 5.74) is -1.51. The molecule has 1 aromatic rings. The van der Waals surface area contributed by atoms with Crippen LogP contribution in [0, 0.1) is 0 Å². The van der Waals surface area contributed by atoms with Gasteiger partial charge in [0.2, 0.25) is 0 Å². The number of likely N-dealkylation sites (tertiary alicyclic amines) is 1. The molecule has 6 nitrogen and oxygen atoms in total. The summed E-state index contributed by atoms with van der Waals surface area (Å²) < 4.78 is 7.87. The van der Waals surface area contributed by atoms with E-state index in [2.05, 4.69) is 20.9 Å². The Kier molecular flexibility index (Phi) is 4.35. The molecule has 0 radical (unpaired) electrons. The highest BCUT2D eigenvalue weighted by molar-refractivity contribution is 9.10. The molecule has 0 aliphatic carbocycles. The maximum atomic E-state index is 12.0. The van der Waals surface area contributed by atoms with Crippen LogP contribution in [0.4, 0.5) is 4.79 Å². The van der Waals surface area contributed by atoms with Gasteiger partial charge in [0.1, 0.15) is 21.6 Å². The predicted molar refractivity (Wildman–Crippen MR) is 81.8 cm³/mol. The van der Waals surface area contributed by atoms with E-state index in [0.717, 1.165) is 0 Å². The number of imidazole rings is 1. The molecule has 1 fully saturated rings. The first-order valence-electron chi connectivity index (χ1n) is 7.00. The van der Waals surface area contributed by atoms with Gasteiger partial charge in [-0.1, -0.05) is 0 Å². The van der Waals surface area contributed by atoms with Gasteiger partial charge in [-0.05, 0) is 36.7 Å². The van der Waals surface area contributed by atoms with Gasteiger partial charge in [0.05, 0.1) is 0 Å². The van der Waals surface area contributed by atoms with Crippen LogP contribution in [0.3, 0.4) is 0 Å². The zero-order valence-electron chi connectivity index (χ0n) is 12.9. The number of rotatable bonds is 1. The van der Waals surface area contributed by atoms with Crippen molar-refractivity contribution in [1.82, 2.24) is 14.5 Å². The number of halogens is 1. The van der Waals surface area contributed by atoms with E-state index in [0.29, 0.717) is 36.4 Å². The number of ether oxygens (including phenoxy) is 1. The van der Waals surface area contributed by atoms with Crippen LogP contribution < -0.4 is 0 Å². The Hall–Kier alpha value is -1.08. The van der Waals surface area contributed by atoms with Crippen molar-refractivity contribution in [2.45, 2.75) is 44.8 Å². The number of amides is 1. The summed E-state index contributed by atoms with van der Waals surface area (Å²) in [6, 6.07) is 0. The lowest BCUT2D eigenvalue weighted by atomic mass is 9.90. The maximum absolute atomic E-state index is 12.0. The van der Waals surface area contributed by atoms with Gasteiger partial charge in [-0.15, -0.1) is 0 Å². The quantitative estimate of drug-likeness (QED) is 0.835. The molecular weight excluding hydrogens is 338 g/mol. The topological polar surface area (TPSA) is 67.6 Å². The number of nitrogens with zero attached hydrogens (tertiary/aromatic N) is 3. The van der Waals surface area contributed by atoms with E-state index in [1.165, 1.54) is 0 Å². The zero-order chi connectivity index (χ0) is 15.8. The van der Waals surface area contributed by atoms with Crippen molar-refractivity contribution >= 4 is 22.0 Å². The van der Waals surface area contributed by atoms with E-state index in [1.54, 1.807) is 4.90 Å². The van der Waals surface area contributed by atoms with Crippen molar-refractivity contribution in [2.24, 2.45) is 7.05 Å². The lowest BCUT2D eigenvalue weighted by Crippen LogP contribution is -2.47. The van der Waals surface area contributed by atoms with E-state index in [-0.39, 0.29) is 6.09 Å². The second-order valence-corrected chi connectivity index (χ2v) is 7.31. The minimum Gasteiger partial charge on any atom is -0.444 e. The molecule has 1 N–H and O–H groups in total. The summed E-state index contributed by atoms with van der Waals surface area (Å²) in [4.78, 5) is 18.0. The Morgan fingerprint density at radius 1 is 1.43 bits per heavy atom. The fourth-order valence-electron chi connectivity index (χ4n) is 2.47. The number of hydrogen-bond donors (Lipinski definition) is 1. The molecule has 0 unspecified atom stereocenters. The first-order valence-corrected chi connectivity index (χ1v) is 7.80. The molecule has 0 aromatic carbocycles. The van der Waals surface area contributed by atoms with Gasteiger partial charge in [0, 0.05) is 39.2 Å². The van der Waals surface area contributed by atoms with Crippen LogP contribution in [-0.4, -0.2) is 44.3 Å². The highest BCUT2D eigenvalue weighted by Gasteiger charge is 2.39. The molecule has 0 atom stereocenters. The number of aryl methyl sites for hydroxylation is 1. The van der Waals surface area contributed by atoms with Crippen molar-refractivity contribution in [3.8, 4) is 0 Å². The third kappa shape index (κ3) is 3.77. The molecule has 0 saturated carbocycles. The highest BCUT2D eigenvalue weighted by atomic mass is 79.9. The number of aromatic nitrogens is 2. The third-order valence-corrected chi connectivity index (χ3v) is 3.89. The van der Waals surface area contributed by atoms with Crippen LogP contribution in [-0.2, 0) is 17.4 Å². The summed E-state index contributed by atoms with van der Waals surface area (Å²) >= 11 is 3.31. The largest absolute Gasteiger partial charge is 0.444 e. The lowest BCUT2D eigenvalue weighted by Gasteiger charge is -2.38. The van der Waals surface area contributed by atoms with E-state index < -0.39 is 11.2 Å². The van der Waals surface area contributed by atoms with Gasteiger partial charge >= 0.3 is 6.09 Å². The van der Waals surface area contributed by atoms with Crippen molar-refractivity contribution in [3.05, 3.63) is 16.6 Å². The second kappa shape index (κ2) is 5.61. The molecule has 1 aromatic heterocycles. The Balaban J connectivity index is 2.03. The summed E-state index contributed by atoms with van der Waals surface area (Å²) in [7, 11) is 1.85. The Bertz CT molecular complexity index is 528. The molecule has 0 bridgehead atoms. The number of carbonyl (C=O) groups is 1. The van der Waals surface area contributed by atoms with Gasteiger partial charge in [-0.2, -0.15) is 0 Å². The smallest absolute Gasteiger partial charge is 0.410 e. The minimum absolute atomic E-state index is 0.328. The fraction of sp³-hybridized carbons (Fsp3) is 0.714. The average Bonchev–Trinajstić information content (AvgIpc) is 2.68. The van der Waals surface area contributed by atoms with Gasteiger partial charge in [0.25, 0.3) is 0 Å². The molecule has 0 spiro atoms. The number of piperidine rings is 1. The molecular formula is C14H22BrN3O3. The van der Waals surface area contributed by atoms with Crippen LogP contribution in [0.25, 0.3) is 0 Å². The Morgan fingerprint density at radius 3 is 2.43 bits per heavy atom. The monoisotopic (exact) mass is 359 g/mol. The van der Waals surface area contributed by atoms with Crippen molar-refractivity contribution < 1.29 is 14.6 Å². The molecule has 2 rings (SSSR count). The SMILES string of the molecule is Cn1cc(Br)nc1C1(O)CCN(C(=O)OC(C)(C)C)CC1. The summed E-state index contributed by atoms with van der Waals surface area (Å²) in [6.45, 7) is 6.44. The first-order chi connectivity index (χ1) is 9.61. The summed E-state index contributed by atoms with van der Waals surface area (Å²) in [5.74, 6) is 0.623. The van der Waals surface area contributed by atoms with Crippen LogP contribution >= 0.6 is 15.9 Å². The first kappa shape index (κ1) is 16.3. The van der Waals surface area contributed by atoms with Gasteiger partial charge in [-0.3, -0.25) is 0 Å². The standard InChI is InChI=1S/C14H22BrN3O3/c1-13(2,3)21-12(19)18-7-5-14(20,6-8-18)11-16-10(15)9-17(11)4/h9,20H,5-8H2,1-4H3. The van der Waals surface area contributed by atoms with Crippen molar-refractivity contribution in [1.29, 1.82) is 0 Å². The Morgan fingerprint density at radius 2 is 2.00 bits per heavy atom. The van der Waals surface area contributed by atoms with Crippen LogP contribution in [0.1, 0.15) is 39.4 Å². The molecule has 2 heterocycles. The normalized spacial score (nSPS) is 18.7. The Labute approximate surface area is 133 Å². The molecule has 1 amide bonds. The van der Waals surface area contributed by atoms with Crippen molar-refractivity contribution in [2.75, 3.05) is 13.1 Å². The molecule has 7 heteroatoms. The maximum Gasteiger partial charge on any atom is 0.410 e. The van der Waals surface area contributed by atoms with Crippen LogP contribution in [0.15, 0.2) is 10.8 Å². The van der Waals surface area contributed by atoms with E-state index in [4.69, 9.17) is 4.74 Å². The highest BCUT2D eigenvalue weighted by Crippen LogP contribution is 2.33. The van der Waals surface area contributed by atoms with Crippen LogP contribution in [0.5, 0.6) is 0 Å². The fourth-order valence-corrected chi connectivity index (χ4v) is 2.95.